The van der Waals surface area contributed by atoms with Gasteiger partial charge in [0.1, 0.15) is 5.75 Å². The van der Waals surface area contributed by atoms with Crippen molar-refractivity contribution in [1.82, 2.24) is 15.1 Å². The molecule has 2 heterocycles. The third-order valence-electron chi connectivity index (χ3n) is 4.57. The summed E-state index contributed by atoms with van der Waals surface area (Å²) in [4.78, 5) is 26.8. The minimum absolute atomic E-state index is 0.0418. The molecule has 1 unspecified atom stereocenters. The first-order valence-electron chi connectivity index (χ1n) is 8.23. The number of ether oxygens (including phenoxy) is 1. The van der Waals surface area contributed by atoms with Gasteiger partial charge in [0.15, 0.2) is 6.61 Å². The van der Waals surface area contributed by atoms with E-state index in [1.807, 2.05) is 4.90 Å². The van der Waals surface area contributed by atoms with Crippen LogP contribution in [0, 0.1) is 10.1 Å². The number of hydrogen-bond donors (Lipinski definition) is 1. The summed E-state index contributed by atoms with van der Waals surface area (Å²) in [7, 11) is 0. The van der Waals surface area contributed by atoms with Crippen LogP contribution >= 0.6 is 0 Å². The molecule has 8 nitrogen and oxygen atoms in total. The van der Waals surface area contributed by atoms with Crippen molar-refractivity contribution in [2.45, 2.75) is 12.5 Å². The SMILES string of the molecule is O=C(COc1cccc([N+](=O)[O-])c1)N1CCC(N2CCNCC2)C1. The first kappa shape index (κ1) is 16.7. The van der Waals surface area contributed by atoms with E-state index in [-0.39, 0.29) is 18.2 Å². The molecule has 1 N–H and O–H groups in total. The number of nitrogens with zero attached hydrogens (tertiary/aromatic N) is 3. The zero-order valence-electron chi connectivity index (χ0n) is 13.5. The Balaban J connectivity index is 1.49. The van der Waals surface area contributed by atoms with Crippen LogP contribution in [0.5, 0.6) is 5.75 Å². The number of nitro benzene ring substituents is 1. The highest BCUT2D eigenvalue weighted by atomic mass is 16.6. The molecule has 1 atom stereocenters. The zero-order chi connectivity index (χ0) is 16.9. The Morgan fingerprint density at radius 3 is 2.88 bits per heavy atom. The van der Waals surface area contributed by atoms with E-state index >= 15 is 0 Å². The van der Waals surface area contributed by atoms with E-state index < -0.39 is 4.92 Å². The zero-order valence-corrected chi connectivity index (χ0v) is 13.5. The fourth-order valence-corrected chi connectivity index (χ4v) is 3.24. The number of piperazine rings is 1. The largest absolute Gasteiger partial charge is 0.484 e. The van der Waals surface area contributed by atoms with E-state index in [2.05, 4.69) is 10.2 Å². The molecule has 0 saturated carbocycles. The average molecular weight is 334 g/mol. The van der Waals surface area contributed by atoms with Crippen LogP contribution in [-0.2, 0) is 4.79 Å². The Morgan fingerprint density at radius 1 is 1.33 bits per heavy atom. The lowest BCUT2D eigenvalue weighted by atomic mass is 10.2. The summed E-state index contributed by atoms with van der Waals surface area (Å²) in [5, 5.41) is 14.1. The van der Waals surface area contributed by atoms with E-state index in [4.69, 9.17) is 4.74 Å². The van der Waals surface area contributed by atoms with Crippen LogP contribution in [0.3, 0.4) is 0 Å². The average Bonchev–Trinajstić information content (AvgIpc) is 3.11. The van der Waals surface area contributed by atoms with Gasteiger partial charge in [0.05, 0.1) is 11.0 Å². The van der Waals surface area contributed by atoms with Gasteiger partial charge in [-0.05, 0) is 12.5 Å². The molecule has 130 valence electrons. The predicted octanol–water partition coefficient (Wildman–Crippen LogP) is 0.480. The van der Waals surface area contributed by atoms with Gasteiger partial charge in [0.25, 0.3) is 11.6 Å². The number of likely N-dealkylation sites (tertiary alicyclic amines) is 1. The second-order valence-corrected chi connectivity index (χ2v) is 6.11. The van der Waals surface area contributed by atoms with Crippen molar-refractivity contribution in [3.63, 3.8) is 0 Å². The van der Waals surface area contributed by atoms with Crippen LogP contribution in [0.4, 0.5) is 5.69 Å². The number of nitrogens with one attached hydrogen (secondary N) is 1. The molecule has 0 radical (unpaired) electrons. The van der Waals surface area contributed by atoms with Crippen molar-refractivity contribution in [2.75, 3.05) is 45.9 Å². The third kappa shape index (κ3) is 4.01. The molecule has 2 saturated heterocycles. The van der Waals surface area contributed by atoms with E-state index in [9.17, 15) is 14.9 Å². The Morgan fingerprint density at radius 2 is 2.12 bits per heavy atom. The molecule has 8 heteroatoms. The van der Waals surface area contributed by atoms with Crippen molar-refractivity contribution in [1.29, 1.82) is 0 Å². The lowest BCUT2D eigenvalue weighted by molar-refractivity contribution is -0.384. The molecule has 2 aliphatic rings. The first-order chi connectivity index (χ1) is 11.6. The van der Waals surface area contributed by atoms with Gasteiger partial charge in [-0.15, -0.1) is 0 Å². The van der Waals surface area contributed by atoms with Crippen molar-refractivity contribution in [3.8, 4) is 5.75 Å². The molecule has 0 aliphatic carbocycles. The summed E-state index contributed by atoms with van der Waals surface area (Å²) in [6, 6.07) is 6.32. The van der Waals surface area contributed by atoms with Gasteiger partial charge >= 0.3 is 0 Å². The van der Waals surface area contributed by atoms with E-state index in [0.717, 1.165) is 45.7 Å². The fourth-order valence-electron chi connectivity index (χ4n) is 3.24. The third-order valence-corrected chi connectivity index (χ3v) is 4.57. The molecule has 0 aromatic heterocycles. The second kappa shape index (κ2) is 7.59. The van der Waals surface area contributed by atoms with Gasteiger partial charge in [-0.2, -0.15) is 0 Å². The van der Waals surface area contributed by atoms with Crippen molar-refractivity contribution < 1.29 is 14.5 Å². The molecule has 1 amide bonds. The van der Waals surface area contributed by atoms with Crippen molar-refractivity contribution in [3.05, 3.63) is 34.4 Å². The molecule has 0 bridgehead atoms. The lowest BCUT2D eigenvalue weighted by Crippen LogP contribution is -2.49. The second-order valence-electron chi connectivity index (χ2n) is 6.11. The Hall–Kier alpha value is -2.19. The van der Waals surface area contributed by atoms with Crippen LogP contribution in [0.2, 0.25) is 0 Å². The summed E-state index contributed by atoms with van der Waals surface area (Å²) < 4.78 is 5.43. The Labute approximate surface area is 140 Å². The number of hydrogen-bond acceptors (Lipinski definition) is 6. The number of benzene rings is 1. The van der Waals surface area contributed by atoms with Crippen LogP contribution in [-0.4, -0.2) is 72.5 Å². The van der Waals surface area contributed by atoms with Crippen molar-refractivity contribution >= 4 is 11.6 Å². The smallest absolute Gasteiger partial charge is 0.273 e. The number of carbonyl (C=O) groups is 1. The topological polar surface area (TPSA) is 87.9 Å². The molecule has 1 aromatic rings. The molecule has 1 aromatic carbocycles. The van der Waals surface area contributed by atoms with Gasteiger partial charge in [-0.25, -0.2) is 0 Å². The van der Waals surface area contributed by atoms with Gasteiger partial charge < -0.3 is 15.0 Å². The van der Waals surface area contributed by atoms with Gasteiger partial charge in [-0.3, -0.25) is 19.8 Å². The molecule has 2 fully saturated rings. The normalized spacial score (nSPS) is 21.7. The molecular weight excluding hydrogens is 312 g/mol. The summed E-state index contributed by atoms with van der Waals surface area (Å²) in [6.07, 6.45) is 0.989. The molecule has 3 rings (SSSR count). The van der Waals surface area contributed by atoms with Crippen LogP contribution < -0.4 is 10.1 Å². The molecule has 0 spiro atoms. The van der Waals surface area contributed by atoms with Crippen LogP contribution in [0.25, 0.3) is 0 Å². The maximum atomic E-state index is 12.3. The number of nitro groups is 1. The number of carbonyl (C=O) groups excluding carboxylic acids is 1. The minimum atomic E-state index is -0.479. The first-order valence-corrected chi connectivity index (χ1v) is 8.23. The van der Waals surface area contributed by atoms with Crippen molar-refractivity contribution in [2.24, 2.45) is 0 Å². The summed E-state index contributed by atoms with van der Waals surface area (Å²) in [6.45, 7) is 5.44. The van der Waals surface area contributed by atoms with Crippen LogP contribution in [0.1, 0.15) is 6.42 Å². The quantitative estimate of drug-likeness (QED) is 0.622. The maximum absolute atomic E-state index is 12.3. The monoisotopic (exact) mass is 334 g/mol. The van der Waals surface area contributed by atoms with Gasteiger partial charge in [-0.1, -0.05) is 6.07 Å². The standard InChI is InChI=1S/C16H22N4O4/c21-16(12-24-15-3-1-2-13(10-15)20(22)23)19-7-4-14(11-19)18-8-5-17-6-9-18/h1-3,10,14,17H,4-9,11-12H2. The van der Waals surface area contributed by atoms with Crippen LogP contribution in [0.15, 0.2) is 24.3 Å². The molecule has 24 heavy (non-hydrogen) atoms. The summed E-state index contributed by atoms with van der Waals surface area (Å²) in [5.41, 5.74) is -0.0418. The number of amides is 1. The summed E-state index contributed by atoms with van der Waals surface area (Å²) >= 11 is 0. The minimum Gasteiger partial charge on any atom is -0.484 e. The fraction of sp³-hybridized carbons (Fsp3) is 0.562. The highest BCUT2D eigenvalue weighted by Gasteiger charge is 2.30. The lowest BCUT2D eigenvalue weighted by Gasteiger charge is -2.32. The molecular formula is C16H22N4O4. The summed E-state index contributed by atoms with van der Waals surface area (Å²) in [5.74, 6) is 0.273. The highest BCUT2D eigenvalue weighted by molar-refractivity contribution is 5.78. The molecule has 2 aliphatic heterocycles. The predicted molar refractivity (Wildman–Crippen MR) is 88.0 cm³/mol. The van der Waals surface area contributed by atoms with Gasteiger partial charge in [0.2, 0.25) is 0 Å². The van der Waals surface area contributed by atoms with E-state index in [0.29, 0.717) is 11.8 Å². The van der Waals surface area contributed by atoms with E-state index in [1.165, 1.54) is 12.1 Å². The number of non-ortho nitro benzene ring substituents is 1. The van der Waals surface area contributed by atoms with Gasteiger partial charge in [0, 0.05) is 51.4 Å². The number of rotatable bonds is 5. The maximum Gasteiger partial charge on any atom is 0.273 e. The Bertz CT molecular complexity index is 603. The Kier molecular flexibility index (Phi) is 5.27. The highest BCUT2D eigenvalue weighted by Crippen LogP contribution is 2.20. The van der Waals surface area contributed by atoms with E-state index in [1.54, 1.807) is 12.1 Å².